The highest BCUT2D eigenvalue weighted by Crippen LogP contribution is 2.26. The molecule has 17 heavy (non-hydrogen) atoms. The van der Waals surface area contributed by atoms with Crippen molar-refractivity contribution >= 4 is 15.9 Å². The van der Waals surface area contributed by atoms with Gasteiger partial charge in [-0.2, -0.15) is 0 Å². The summed E-state index contributed by atoms with van der Waals surface area (Å²) in [6.45, 7) is 2.81. The minimum atomic E-state index is 0.191. The van der Waals surface area contributed by atoms with Gasteiger partial charge in [0.05, 0.1) is 11.1 Å². The molecule has 2 atom stereocenters. The molecule has 1 aliphatic heterocycles. The zero-order valence-electron chi connectivity index (χ0n) is 9.73. The monoisotopic (exact) mass is 299 g/mol. The number of hydrogen-bond donors (Lipinski definition) is 2. The molecule has 1 fully saturated rings. The van der Waals surface area contributed by atoms with E-state index in [0.29, 0.717) is 12.5 Å². The Morgan fingerprint density at radius 2 is 2.29 bits per heavy atom. The fourth-order valence-corrected chi connectivity index (χ4v) is 2.58. The molecule has 1 aliphatic rings. The lowest BCUT2D eigenvalue weighted by molar-refractivity contribution is 0.123. The average molecular weight is 300 g/mol. The highest BCUT2D eigenvalue weighted by molar-refractivity contribution is 9.10. The number of halogens is 1. The molecule has 0 saturated carbocycles. The summed E-state index contributed by atoms with van der Waals surface area (Å²) in [5.41, 5.74) is 0. The molecule has 0 bridgehead atoms. The van der Waals surface area contributed by atoms with Crippen molar-refractivity contribution in [2.24, 2.45) is 11.8 Å². The van der Waals surface area contributed by atoms with Crippen molar-refractivity contribution in [3.63, 3.8) is 0 Å². The lowest BCUT2D eigenvalue weighted by Crippen LogP contribution is -2.26. The first-order valence-electron chi connectivity index (χ1n) is 6.00. The van der Waals surface area contributed by atoms with E-state index in [9.17, 15) is 5.11 Å². The highest BCUT2D eigenvalue weighted by atomic mass is 79.9. The SMILES string of the molecule is OCC(COc1ccccc1Br)C1CCNC1. The first kappa shape index (κ1) is 12.9. The van der Waals surface area contributed by atoms with Gasteiger partial charge in [-0.25, -0.2) is 0 Å². The van der Waals surface area contributed by atoms with E-state index < -0.39 is 0 Å². The van der Waals surface area contributed by atoms with Crippen LogP contribution in [0, 0.1) is 11.8 Å². The van der Waals surface area contributed by atoms with Crippen molar-refractivity contribution in [3.05, 3.63) is 28.7 Å². The molecule has 1 aromatic carbocycles. The molecule has 0 aromatic heterocycles. The zero-order valence-corrected chi connectivity index (χ0v) is 11.3. The molecule has 4 heteroatoms. The van der Waals surface area contributed by atoms with Crippen molar-refractivity contribution in [3.8, 4) is 5.75 Å². The molecule has 0 spiro atoms. The summed E-state index contributed by atoms with van der Waals surface area (Å²) in [5.74, 6) is 1.59. The molecule has 0 radical (unpaired) electrons. The second kappa shape index (κ2) is 6.38. The largest absolute Gasteiger partial charge is 0.492 e. The van der Waals surface area contributed by atoms with Gasteiger partial charge in [-0.05, 0) is 53.5 Å². The van der Waals surface area contributed by atoms with E-state index in [1.54, 1.807) is 0 Å². The molecular weight excluding hydrogens is 282 g/mol. The van der Waals surface area contributed by atoms with Gasteiger partial charge < -0.3 is 15.2 Å². The number of para-hydroxylation sites is 1. The van der Waals surface area contributed by atoms with Crippen LogP contribution in [0.4, 0.5) is 0 Å². The molecular formula is C13H18BrNO2. The molecule has 2 unspecified atom stereocenters. The molecule has 1 heterocycles. The Hall–Kier alpha value is -0.580. The Balaban J connectivity index is 1.89. The van der Waals surface area contributed by atoms with Crippen LogP contribution in [-0.4, -0.2) is 31.4 Å². The maximum Gasteiger partial charge on any atom is 0.133 e. The van der Waals surface area contributed by atoms with Crippen LogP contribution < -0.4 is 10.1 Å². The number of nitrogens with one attached hydrogen (secondary N) is 1. The Morgan fingerprint density at radius 1 is 1.47 bits per heavy atom. The summed E-state index contributed by atoms with van der Waals surface area (Å²) in [6.07, 6.45) is 1.13. The summed E-state index contributed by atoms with van der Waals surface area (Å²) in [6, 6.07) is 7.80. The molecule has 2 rings (SSSR count). The third-order valence-corrected chi connectivity index (χ3v) is 3.94. The number of aliphatic hydroxyl groups is 1. The van der Waals surface area contributed by atoms with Gasteiger partial charge in [0.2, 0.25) is 0 Å². The molecule has 0 aliphatic carbocycles. The van der Waals surface area contributed by atoms with Crippen molar-refractivity contribution in [2.45, 2.75) is 6.42 Å². The van der Waals surface area contributed by atoms with E-state index in [-0.39, 0.29) is 12.5 Å². The molecule has 1 saturated heterocycles. The van der Waals surface area contributed by atoms with Crippen LogP contribution in [0.2, 0.25) is 0 Å². The van der Waals surface area contributed by atoms with Crippen LogP contribution in [0.15, 0.2) is 28.7 Å². The zero-order chi connectivity index (χ0) is 12.1. The fraction of sp³-hybridized carbons (Fsp3) is 0.538. The smallest absolute Gasteiger partial charge is 0.133 e. The van der Waals surface area contributed by atoms with Crippen LogP contribution in [0.1, 0.15) is 6.42 Å². The normalized spacial score (nSPS) is 21.4. The Morgan fingerprint density at radius 3 is 2.94 bits per heavy atom. The number of ether oxygens (including phenoxy) is 1. The van der Waals surface area contributed by atoms with Crippen molar-refractivity contribution in [1.82, 2.24) is 5.32 Å². The summed E-state index contributed by atoms with van der Waals surface area (Å²) in [5, 5.41) is 12.7. The number of aliphatic hydroxyl groups excluding tert-OH is 1. The van der Waals surface area contributed by atoms with Crippen LogP contribution in [-0.2, 0) is 0 Å². The van der Waals surface area contributed by atoms with Crippen LogP contribution in [0.25, 0.3) is 0 Å². The third kappa shape index (κ3) is 3.44. The van der Waals surface area contributed by atoms with E-state index in [1.807, 2.05) is 24.3 Å². The van der Waals surface area contributed by atoms with Crippen LogP contribution in [0.5, 0.6) is 5.75 Å². The standard InChI is InChI=1S/C13H18BrNO2/c14-12-3-1-2-4-13(12)17-9-11(8-16)10-5-6-15-7-10/h1-4,10-11,15-16H,5-9H2. The summed E-state index contributed by atoms with van der Waals surface area (Å²) >= 11 is 3.45. The molecule has 94 valence electrons. The topological polar surface area (TPSA) is 41.5 Å². The predicted octanol–water partition coefficient (Wildman–Crippen LogP) is 2.05. The second-order valence-electron chi connectivity index (χ2n) is 4.44. The van der Waals surface area contributed by atoms with E-state index in [4.69, 9.17) is 4.74 Å². The molecule has 0 amide bonds. The Bertz CT molecular complexity index is 353. The molecule has 2 N–H and O–H groups in total. The van der Waals surface area contributed by atoms with Crippen molar-refractivity contribution < 1.29 is 9.84 Å². The van der Waals surface area contributed by atoms with Gasteiger partial charge in [0, 0.05) is 12.5 Å². The molecule has 3 nitrogen and oxygen atoms in total. The third-order valence-electron chi connectivity index (χ3n) is 3.29. The Labute approximate surface area is 110 Å². The van der Waals surface area contributed by atoms with Gasteiger partial charge >= 0.3 is 0 Å². The predicted molar refractivity (Wildman–Crippen MR) is 71.2 cm³/mol. The summed E-state index contributed by atoms with van der Waals surface area (Å²) in [7, 11) is 0. The van der Waals surface area contributed by atoms with Crippen LogP contribution in [0.3, 0.4) is 0 Å². The number of rotatable bonds is 5. The van der Waals surface area contributed by atoms with E-state index >= 15 is 0 Å². The lowest BCUT2D eigenvalue weighted by Gasteiger charge is -2.21. The summed E-state index contributed by atoms with van der Waals surface area (Å²) < 4.78 is 6.73. The lowest BCUT2D eigenvalue weighted by atomic mass is 9.93. The highest BCUT2D eigenvalue weighted by Gasteiger charge is 2.24. The van der Waals surface area contributed by atoms with Crippen molar-refractivity contribution in [2.75, 3.05) is 26.3 Å². The first-order chi connectivity index (χ1) is 8.31. The van der Waals surface area contributed by atoms with E-state index in [2.05, 4.69) is 21.2 Å². The quantitative estimate of drug-likeness (QED) is 0.874. The first-order valence-corrected chi connectivity index (χ1v) is 6.79. The minimum Gasteiger partial charge on any atom is -0.492 e. The van der Waals surface area contributed by atoms with Gasteiger partial charge in [-0.1, -0.05) is 12.1 Å². The summed E-state index contributed by atoms with van der Waals surface area (Å²) in [4.78, 5) is 0. The van der Waals surface area contributed by atoms with Gasteiger partial charge in [0.1, 0.15) is 5.75 Å². The maximum absolute atomic E-state index is 9.41. The average Bonchev–Trinajstić information content (AvgIpc) is 2.86. The fourth-order valence-electron chi connectivity index (χ4n) is 2.18. The second-order valence-corrected chi connectivity index (χ2v) is 5.29. The van der Waals surface area contributed by atoms with E-state index in [1.165, 1.54) is 0 Å². The van der Waals surface area contributed by atoms with Crippen molar-refractivity contribution in [1.29, 1.82) is 0 Å². The number of hydrogen-bond acceptors (Lipinski definition) is 3. The minimum absolute atomic E-state index is 0.191. The van der Waals surface area contributed by atoms with Gasteiger partial charge in [0.15, 0.2) is 0 Å². The van der Waals surface area contributed by atoms with Crippen LogP contribution >= 0.6 is 15.9 Å². The number of benzene rings is 1. The van der Waals surface area contributed by atoms with Gasteiger partial charge in [0.25, 0.3) is 0 Å². The maximum atomic E-state index is 9.41. The molecule has 1 aromatic rings. The van der Waals surface area contributed by atoms with Gasteiger partial charge in [-0.3, -0.25) is 0 Å². The van der Waals surface area contributed by atoms with Gasteiger partial charge in [-0.15, -0.1) is 0 Å². The van der Waals surface area contributed by atoms with E-state index in [0.717, 1.165) is 29.7 Å². The Kier molecular flexibility index (Phi) is 4.83.